The highest BCUT2D eigenvalue weighted by Gasteiger charge is 2.17. The number of aromatic nitrogens is 1. The van der Waals surface area contributed by atoms with Gasteiger partial charge in [-0.25, -0.2) is 0 Å². The highest BCUT2D eigenvalue weighted by molar-refractivity contribution is 7.07. The molecule has 5 heteroatoms. The molecule has 1 aliphatic carbocycles. The average Bonchev–Trinajstić information content (AvgIpc) is 2.64. The summed E-state index contributed by atoms with van der Waals surface area (Å²) in [6, 6.07) is 0.956. The number of rotatable bonds is 3. The molecule has 0 spiro atoms. The molecule has 1 aromatic heterocycles. The highest BCUT2D eigenvalue weighted by Crippen LogP contribution is 2.17. The Bertz CT molecular complexity index is 352. The summed E-state index contributed by atoms with van der Waals surface area (Å²) in [5, 5.41) is 5.33. The van der Waals surface area contributed by atoms with E-state index in [9.17, 15) is 4.79 Å². The largest absolute Gasteiger partial charge is 0.328 e. The van der Waals surface area contributed by atoms with Gasteiger partial charge in [-0.15, -0.1) is 0 Å². The molecule has 1 aliphatic rings. The van der Waals surface area contributed by atoms with E-state index >= 15 is 0 Å². The maximum absolute atomic E-state index is 10.9. The molecule has 0 radical (unpaired) electrons. The first-order valence-electron chi connectivity index (χ1n) is 5.39. The van der Waals surface area contributed by atoms with Gasteiger partial charge in [0.2, 0.25) is 0 Å². The number of thiazole rings is 1. The molecule has 1 saturated carbocycles. The topological polar surface area (TPSA) is 70.9 Å². The predicted octanol–water partition coefficient (Wildman–Crippen LogP) is 0.796. The van der Waals surface area contributed by atoms with Crippen LogP contribution in [0.2, 0.25) is 0 Å². The van der Waals surface area contributed by atoms with Gasteiger partial charge in [0.25, 0.3) is 0 Å². The lowest BCUT2D eigenvalue weighted by Gasteiger charge is -2.26. The molecular weight excluding hydrogens is 210 g/mol. The highest BCUT2D eigenvalue weighted by atomic mass is 32.1. The van der Waals surface area contributed by atoms with Gasteiger partial charge in [-0.1, -0.05) is 11.3 Å². The number of hydrogen-bond acceptors (Lipinski definition) is 4. The van der Waals surface area contributed by atoms with Gasteiger partial charge in [0.1, 0.15) is 0 Å². The summed E-state index contributed by atoms with van der Waals surface area (Å²) in [6.45, 7) is 0.763. The van der Waals surface area contributed by atoms with E-state index in [0.29, 0.717) is 12.1 Å². The number of aromatic amines is 1. The second-order valence-corrected chi connectivity index (χ2v) is 5.01. The number of nitrogens with two attached hydrogens (primary N) is 1. The number of nitrogens with one attached hydrogen (secondary N) is 2. The maximum atomic E-state index is 10.9. The van der Waals surface area contributed by atoms with Crippen LogP contribution < -0.4 is 15.9 Å². The van der Waals surface area contributed by atoms with Crippen LogP contribution in [-0.4, -0.2) is 17.1 Å². The Kier molecular flexibility index (Phi) is 3.56. The molecule has 0 unspecified atom stereocenters. The van der Waals surface area contributed by atoms with Crippen LogP contribution in [0.15, 0.2) is 10.2 Å². The zero-order valence-corrected chi connectivity index (χ0v) is 9.48. The molecule has 4 N–H and O–H groups in total. The van der Waals surface area contributed by atoms with Crippen LogP contribution in [0.3, 0.4) is 0 Å². The normalized spacial score (nSPS) is 26.7. The molecule has 1 aromatic rings. The molecule has 15 heavy (non-hydrogen) atoms. The second-order valence-electron chi connectivity index (χ2n) is 4.17. The van der Waals surface area contributed by atoms with Crippen molar-refractivity contribution >= 4 is 11.3 Å². The van der Waals surface area contributed by atoms with Gasteiger partial charge in [-0.2, -0.15) is 0 Å². The Labute approximate surface area is 92.9 Å². The molecule has 0 aromatic carbocycles. The maximum Gasteiger partial charge on any atom is 0.304 e. The smallest absolute Gasteiger partial charge is 0.304 e. The van der Waals surface area contributed by atoms with Gasteiger partial charge in [0.15, 0.2) is 0 Å². The lowest BCUT2D eigenvalue weighted by Crippen LogP contribution is -2.37. The fraction of sp³-hybridized carbons (Fsp3) is 0.700. The van der Waals surface area contributed by atoms with Crippen LogP contribution in [0.4, 0.5) is 0 Å². The van der Waals surface area contributed by atoms with E-state index in [1.54, 1.807) is 0 Å². The van der Waals surface area contributed by atoms with Crippen molar-refractivity contribution in [3.8, 4) is 0 Å². The number of H-pyrrole nitrogens is 1. The van der Waals surface area contributed by atoms with Crippen molar-refractivity contribution in [1.29, 1.82) is 0 Å². The Morgan fingerprint density at radius 2 is 2.20 bits per heavy atom. The third-order valence-corrected chi connectivity index (χ3v) is 3.64. The third-order valence-electron chi connectivity index (χ3n) is 2.92. The summed E-state index contributed by atoms with van der Waals surface area (Å²) < 4.78 is 0. The summed E-state index contributed by atoms with van der Waals surface area (Å²) in [5.74, 6) is 0. The molecule has 84 valence electrons. The van der Waals surface area contributed by atoms with Crippen molar-refractivity contribution in [3.05, 3.63) is 20.7 Å². The molecule has 0 amide bonds. The minimum Gasteiger partial charge on any atom is -0.328 e. The van der Waals surface area contributed by atoms with Gasteiger partial charge in [-0.3, -0.25) is 4.79 Å². The first-order valence-corrected chi connectivity index (χ1v) is 6.27. The number of hydrogen-bond donors (Lipinski definition) is 3. The summed E-state index contributed by atoms with van der Waals surface area (Å²) in [6.07, 6.45) is 4.51. The molecule has 0 saturated heterocycles. The molecular formula is C10H17N3OS. The first kappa shape index (κ1) is 10.9. The van der Waals surface area contributed by atoms with Gasteiger partial charge in [0, 0.05) is 29.7 Å². The Morgan fingerprint density at radius 3 is 2.80 bits per heavy atom. The van der Waals surface area contributed by atoms with Crippen LogP contribution in [0, 0.1) is 0 Å². The van der Waals surface area contributed by atoms with Crippen molar-refractivity contribution < 1.29 is 0 Å². The summed E-state index contributed by atoms with van der Waals surface area (Å²) in [7, 11) is 0. The Balaban J connectivity index is 1.76. The van der Waals surface area contributed by atoms with Crippen molar-refractivity contribution in [2.24, 2.45) is 5.73 Å². The quantitative estimate of drug-likeness (QED) is 0.715. The van der Waals surface area contributed by atoms with Crippen LogP contribution in [0.5, 0.6) is 0 Å². The Hall–Kier alpha value is -0.650. The monoisotopic (exact) mass is 227 g/mol. The fourth-order valence-electron chi connectivity index (χ4n) is 1.98. The minimum absolute atomic E-state index is 0.0254. The van der Waals surface area contributed by atoms with Crippen molar-refractivity contribution in [2.75, 3.05) is 0 Å². The average molecular weight is 227 g/mol. The van der Waals surface area contributed by atoms with E-state index in [1.165, 1.54) is 11.3 Å². The molecule has 1 heterocycles. The lowest BCUT2D eigenvalue weighted by atomic mass is 9.92. The standard InChI is InChI=1S/C10H17N3OS/c11-7-1-3-8(4-2-7)12-5-9-6-15-10(14)13-9/h6-8,12H,1-5,11H2,(H,13,14). The zero-order chi connectivity index (χ0) is 10.7. The fourth-order valence-corrected chi connectivity index (χ4v) is 2.56. The SMILES string of the molecule is NC1CCC(NCc2csc(=O)[nH]2)CC1. The molecule has 1 fully saturated rings. The lowest BCUT2D eigenvalue weighted by molar-refractivity contribution is 0.341. The van der Waals surface area contributed by atoms with E-state index in [0.717, 1.165) is 37.9 Å². The van der Waals surface area contributed by atoms with Crippen LogP contribution in [0.25, 0.3) is 0 Å². The summed E-state index contributed by atoms with van der Waals surface area (Å²) >= 11 is 1.22. The summed E-state index contributed by atoms with van der Waals surface area (Å²) in [5.41, 5.74) is 6.82. The van der Waals surface area contributed by atoms with Crippen molar-refractivity contribution in [2.45, 2.75) is 44.3 Å². The van der Waals surface area contributed by atoms with E-state index < -0.39 is 0 Å². The minimum atomic E-state index is 0.0254. The van der Waals surface area contributed by atoms with Gasteiger partial charge in [0.05, 0.1) is 0 Å². The summed E-state index contributed by atoms with van der Waals surface area (Å²) in [4.78, 5) is 13.7. The molecule has 2 rings (SSSR count). The van der Waals surface area contributed by atoms with E-state index in [2.05, 4.69) is 10.3 Å². The second kappa shape index (κ2) is 4.92. The molecule has 0 bridgehead atoms. The van der Waals surface area contributed by atoms with E-state index in [-0.39, 0.29) is 4.87 Å². The van der Waals surface area contributed by atoms with Crippen LogP contribution in [0.1, 0.15) is 31.4 Å². The third kappa shape index (κ3) is 3.15. The molecule has 4 nitrogen and oxygen atoms in total. The van der Waals surface area contributed by atoms with Crippen LogP contribution in [-0.2, 0) is 6.54 Å². The van der Waals surface area contributed by atoms with Gasteiger partial charge in [-0.05, 0) is 25.7 Å². The zero-order valence-electron chi connectivity index (χ0n) is 8.66. The van der Waals surface area contributed by atoms with Crippen molar-refractivity contribution in [3.63, 3.8) is 0 Å². The predicted molar refractivity (Wildman–Crippen MR) is 62.0 cm³/mol. The van der Waals surface area contributed by atoms with E-state index in [1.807, 2.05) is 5.38 Å². The molecule has 0 atom stereocenters. The Morgan fingerprint density at radius 1 is 1.47 bits per heavy atom. The van der Waals surface area contributed by atoms with E-state index in [4.69, 9.17) is 5.73 Å². The van der Waals surface area contributed by atoms with Gasteiger partial charge < -0.3 is 16.0 Å². The van der Waals surface area contributed by atoms with Crippen LogP contribution >= 0.6 is 11.3 Å². The molecule has 0 aliphatic heterocycles. The van der Waals surface area contributed by atoms with Gasteiger partial charge >= 0.3 is 4.87 Å². The van der Waals surface area contributed by atoms with Crippen molar-refractivity contribution in [1.82, 2.24) is 10.3 Å². The first-order chi connectivity index (χ1) is 7.24.